The summed E-state index contributed by atoms with van der Waals surface area (Å²) in [5, 5.41) is 0. The van der Waals surface area contributed by atoms with Gasteiger partial charge in [0.05, 0.1) is 5.75 Å². The van der Waals surface area contributed by atoms with Crippen LogP contribution >= 0.6 is 11.8 Å². The van der Waals surface area contributed by atoms with Crippen LogP contribution in [-0.2, 0) is 4.79 Å². The van der Waals surface area contributed by atoms with E-state index in [0.717, 1.165) is 37.0 Å². The third kappa shape index (κ3) is 4.22. The second-order valence-corrected chi connectivity index (χ2v) is 6.57. The molecule has 0 saturated carbocycles. The minimum atomic E-state index is 0.198. The molecule has 0 aliphatic carbocycles. The molecule has 0 N–H and O–H groups in total. The fourth-order valence-corrected chi connectivity index (χ4v) is 3.28. The zero-order valence-corrected chi connectivity index (χ0v) is 14.0. The van der Waals surface area contributed by atoms with E-state index in [1.807, 2.05) is 11.0 Å². The van der Waals surface area contributed by atoms with E-state index in [-0.39, 0.29) is 5.91 Å². The van der Waals surface area contributed by atoms with Crippen molar-refractivity contribution >= 4 is 23.6 Å². The fourth-order valence-electron chi connectivity index (χ4n) is 2.48. The lowest BCUT2D eigenvalue weighted by Crippen LogP contribution is -2.49. The Bertz CT molecular complexity index is 639. The molecule has 1 aliphatic rings. The molecule has 0 atom stereocenters. The lowest BCUT2D eigenvalue weighted by molar-refractivity contribution is -0.128. The molecular formula is C17H20N4OS. The SMILES string of the molecule is Cc1ccc(SCC(=O)N2CCN(c3ncccn3)CC2)cc1. The quantitative estimate of drug-likeness (QED) is 0.806. The average Bonchev–Trinajstić information content (AvgIpc) is 2.62. The zero-order chi connectivity index (χ0) is 16.1. The Balaban J connectivity index is 1.47. The van der Waals surface area contributed by atoms with Crippen LogP contribution in [0.25, 0.3) is 0 Å². The van der Waals surface area contributed by atoms with Gasteiger partial charge in [0.25, 0.3) is 0 Å². The molecule has 1 amide bonds. The van der Waals surface area contributed by atoms with Crippen molar-refractivity contribution in [3.05, 3.63) is 48.3 Å². The molecule has 23 heavy (non-hydrogen) atoms. The zero-order valence-electron chi connectivity index (χ0n) is 13.2. The van der Waals surface area contributed by atoms with Crippen LogP contribution in [0.3, 0.4) is 0 Å². The summed E-state index contributed by atoms with van der Waals surface area (Å²) in [5.41, 5.74) is 1.24. The molecule has 2 heterocycles. The summed E-state index contributed by atoms with van der Waals surface area (Å²) < 4.78 is 0. The van der Waals surface area contributed by atoms with Crippen molar-refractivity contribution in [2.75, 3.05) is 36.8 Å². The van der Waals surface area contributed by atoms with Crippen LogP contribution < -0.4 is 4.90 Å². The first-order valence-corrected chi connectivity index (χ1v) is 8.70. The molecule has 1 saturated heterocycles. The van der Waals surface area contributed by atoms with E-state index in [2.05, 4.69) is 46.1 Å². The standard InChI is InChI=1S/C17H20N4OS/c1-14-3-5-15(6-4-14)23-13-16(22)20-9-11-21(12-10-20)17-18-7-2-8-19-17/h2-8H,9-13H2,1H3. The Morgan fingerprint density at radius 3 is 2.39 bits per heavy atom. The highest BCUT2D eigenvalue weighted by Gasteiger charge is 2.22. The van der Waals surface area contributed by atoms with E-state index in [1.54, 1.807) is 24.2 Å². The number of thioether (sulfide) groups is 1. The number of hydrogen-bond acceptors (Lipinski definition) is 5. The number of carbonyl (C=O) groups excluding carboxylic acids is 1. The maximum absolute atomic E-state index is 12.3. The first-order valence-electron chi connectivity index (χ1n) is 7.71. The van der Waals surface area contributed by atoms with Gasteiger partial charge in [-0.1, -0.05) is 17.7 Å². The summed E-state index contributed by atoms with van der Waals surface area (Å²) in [6.07, 6.45) is 3.50. The van der Waals surface area contributed by atoms with E-state index < -0.39 is 0 Å². The number of nitrogens with zero attached hydrogens (tertiary/aromatic N) is 4. The highest BCUT2D eigenvalue weighted by molar-refractivity contribution is 8.00. The highest BCUT2D eigenvalue weighted by atomic mass is 32.2. The third-order valence-corrected chi connectivity index (χ3v) is 4.85. The first kappa shape index (κ1) is 15.8. The van der Waals surface area contributed by atoms with E-state index in [4.69, 9.17) is 0 Å². The molecule has 0 bridgehead atoms. The molecule has 0 radical (unpaired) electrons. The summed E-state index contributed by atoms with van der Waals surface area (Å²) in [6, 6.07) is 10.1. The number of anilines is 1. The van der Waals surface area contributed by atoms with Gasteiger partial charge in [-0.15, -0.1) is 11.8 Å². The molecular weight excluding hydrogens is 308 g/mol. The molecule has 2 aromatic rings. The van der Waals surface area contributed by atoms with E-state index in [9.17, 15) is 4.79 Å². The van der Waals surface area contributed by atoms with Gasteiger partial charge in [-0.2, -0.15) is 0 Å². The Kier molecular flexibility index (Phi) is 5.12. The van der Waals surface area contributed by atoms with Crippen molar-refractivity contribution in [1.82, 2.24) is 14.9 Å². The van der Waals surface area contributed by atoms with Crippen LogP contribution in [0, 0.1) is 6.92 Å². The van der Waals surface area contributed by atoms with Crippen molar-refractivity contribution in [3.8, 4) is 0 Å². The topological polar surface area (TPSA) is 49.3 Å². The van der Waals surface area contributed by atoms with Crippen LogP contribution in [0.1, 0.15) is 5.56 Å². The second kappa shape index (κ2) is 7.46. The largest absolute Gasteiger partial charge is 0.338 e. The third-order valence-electron chi connectivity index (χ3n) is 3.85. The number of amides is 1. The van der Waals surface area contributed by atoms with Gasteiger partial charge < -0.3 is 9.80 Å². The molecule has 1 aromatic carbocycles. The summed E-state index contributed by atoms with van der Waals surface area (Å²) in [4.78, 5) is 26.1. The van der Waals surface area contributed by atoms with Gasteiger partial charge in [0.2, 0.25) is 11.9 Å². The smallest absolute Gasteiger partial charge is 0.233 e. The number of aryl methyl sites for hydroxylation is 1. The molecule has 5 nitrogen and oxygen atoms in total. The maximum atomic E-state index is 12.3. The van der Waals surface area contributed by atoms with Gasteiger partial charge in [0.15, 0.2) is 0 Å². The molecule has 1 aliphatic heterocycles. The number of aromatic nitrogens is 2. The van der Waals surface area contributed by atoms with Crippen LogP contribution in [0.5, 0.6) is 0 Å². The predicted octanol–water partition coefficient (Wildman–Crippen LogP) is 2.23. The van der Waals surface area contributed by atoms with Gasteiger partial charge in [-0.3, -0.25) is 4.79 Å². The van der Waals surface area contributed by atoms with Crippen LogP contribution in [0.4, 0.5) is 5.95 Å². The molecule has 1 fully saturated rings. The van der Waals surface area contributed by atoms with E-state index >= 15 is 0 Å². The minimum absolute atomic E-state index is 0.198. The van der Waals surface area contributed by atoms with Gasteiger partial charge in [-0.05, 0) is 25.1 Å². The minimum Gasteiger partial charge on any atom is -0.338 e. The van der Waals surface area contributed by atoms with Crippen LogP contribution in [0.15, 0.2) is 47.6 Å². The molecule has 6 heteroatoms. The molecule has 1 aromatic heterocycles. The number of hydrogen-bond donors (Lipinski definition) is 0. The fraction of sp³-hybridized carbons (Fsp3) is 0.353. The number of piperazine rings is 1. The van der Waals surface area contributed by atoms with Crippen molar-refractivity contribution in [1.29, 1.82) is 0 Å². The Hall–Kier alpha value is -2.08. The van der Waals surface area contributed by atoms with Crippen molar-refractivity contribution in [2.24, 2.45) is 0 Å². The Morgan fingerprint density at radius 2 is 1.74 bits per heavy atom. The van der Waals surface area contributed by atoms with Gasteiger partial charge in [-0.25, -0.2) is 9.97 Å². The van der Waals surface area contributed by atoms with Gasteiger partial charge in [0.1, 0.15) is 0 Å². The van der Waals surface area contributed by atoms with E-state index in [1.165, 1.54) is 5.56 Å². The summed E-state index contributed by atoms with van der Waals surface area (Å²) >= 11 is 1.60. The summed E-state index contributed by atoms with van der Waals surface area (Å²) in [6.45, 7) is 5.09. The van der Waals surface area contributed by atoms with Crippen molar-refractivity contribution in [3.63, 3.8) is 0 Å². The second-order valence-electron chi connectivity index (χ2n) is 5.52. The maximum Gasteiger partial charge on any atom is 0.233 e. The molecule has 0 unspecified atom stereocenters. The predicted molar refractivity (Wildman–Crippen MR) is 92.7 cm³/mol. The first-order chi connectivity index (χ1) is 11.2. The highest BCUT2D eigenvalue weighted by Crippen LogP contribution is 2.19. The summed E-state index contributed by atoms with van der Waals surface area (Å²) in [7, 11) is 0. The molecule has 3 rings (SSSR count). The normalized spacial score (nSPS) is 14.8. The summed E-state index contributed by atoms with van der Waals surface area (Å²) in [5.74, 6) is 1.43. The van der Waals surface area contributed by atoms with Crippen molar-refractivity contribution in [2.45, 2.75) is 11.8 Å². The Labute approximate surface area is 140 Å². The average molecular weight is 328 g/mol. The van der Waals surface area contributed by atoms with Crippen LogP contribution in [-0.4, -0.2) is 52.7 Å². The molecule has 120 valence electrons. The number of benzene rings is 1. The van der Waals surface area contributed by atoms with Crippen LogP contribution in [0.2, 0.25) is 0 Å². The van der Waals surface area contributed by atoms with Gasteiger partial charge >= 0.3 is 0 Å². The number of carbonyl (C=O) groups is 1. The van der Waals surface area contributed by atoms with E-state index in [0.29, 0.717) is 5.75 Å². The monoisotopic (exact) mass is 328 g/mol. The lowest BCUT2D eigenvalue weighted by atomic mass is 10.2. The Morgan fingerprint density at radius 1 is 1.09 bits per heavy atom. The lowest BCUT2D eigenvalue weighted by Gasteiger charge is -2.34. The number of rotatable bonds is 4. The van der Waals surface area contributed by atoms with Crippen molar-refractivity contribution < 1.29 is 4.79 Å². The van der Waals surface area contributed by atoms with Gasteiger partial charge in [0, 0.05) is 43.5 Å². The molecule has 0 spiro atoms.